The second kappa shape index (κ2) is 8.72. The van der Waals surface area contributed by atoms with Crippen LogP contribution in [-0.2, 0) is 11.3 Å². The number of ketones is 1. The average molecular weight is 443 g/mol. The van der Waals surface area contributed by atoms with Gasteiger partial charge in [0.2, 0.25) is 5.78 Å². The van der Waals surface area contributed by atoms with Gasteiger partial charge in [-0.2, -0.15) is 0 Å². The number of ether oxygens (including phenoxy) is 2. The van der Waals surface area contributed by atoms with Gasteiger partial charge in [0.05, 0.1) is 17.7 Å². The molecule has 0 saturated carbocycles. The van der Waals surface area contributed by atoms with Crippen LogP contribution in [-0.4, -0.2) is 59.6 Å². The maximum Gasteiger partial charge on any atom is 0.409 e. The number of amides is 1. The highest BCUT2D eigenvalue weighted by Crippen LogP contribution is 2.42. The van der Waals surface area contributed by atoms with Crippen LogP contribution in [0.5, 0.6) is 11.5 Å². The number of aromatic hydroxyl groups is 1. The number of hydrogen-bond donors (Lipinski definition) is 1. The third-order valence-electron chi connectivity index (χ3n) is 5.66. The fourth-order valence-electron chi connectivity index (χ4n) is 3.91. The number of carbonyl (C=O) groups is 2. The minimum absolute atomic E-state index is 0.116. The molecule has 31 heavy (non-hydrogen) atoms. The fraction of sp³-hybridized carbons (Fsp3) is 0.391. The number of phenols is 1. The second-order valence-corrected chi connectivity index (χ2v) is 8.71. The van der Waals surface area contributed by atoms with Gasteiger partial charge < -0.3 is 19.5 Å². The summed E-state index contributed by atoms with van der Waals surface area (Å²) in [6.45, 7) is 8.77. The molecule has 0 atom stereocenters. The van der Waals surface area contributed by atoms with E-state index in [2.05, 4.69) is 4.90 Å². The van der Waals surface area contributed by atoms with E-state index in [0.717, 1.165) is 10.4 Å². The summed E-state index contributed by atoms with van der Waals surface area (Å²) in [4.78, 5) is 29.8. The van der Waals surface area contributed by atoms with Crippen molar-refractivity contribution < 1.29 is 24.2 Å². The Hall–Kier alpha value is -2.84. The van der Waals surface area contributed by atoms with Crippen molar-refractivity contribution in [2.24, 2.45) is 0 Å². The lowest BCUT2D eigenvalue weighted by molar-refractivity contribution is 0.0774. The van der Waals surface area contributed by atoms with Gasteiger partial charge in [-0.1, -0.05) is 0 Å². The number of benzene rings is 1. The molecule has 1 aromatic heterocycles. The van der Waals surface area contributed by atoms with E-state index in [1.54, 1.807) is 42.2 Å². The molecule has 164 valence electrons. The lowest BCUT2D eigenvalue weighted by Crippen LogP contribution is -2.48. The largest absolute Gasteiger partial charge is 0.507 e. The van der Waals surface area contributed by atoms with E-state index in [1.165, 1.54) is 0 Å². The van der Waals surface area contributed by atoms with Gasteiger partial charge >= 0.3 is 6.09 Å². The Morgan fingerprint density at radius 3 is 2.65 bits per heavy atom. The van der Waals surface area contributed by atoms with Crippen LogP contribution in [0.15, 0.2) is 23.3 Å². The molecule has 3 heterocycles. The number of allylic oxidation sites excluding steroid dienone is 1. The first-order chi connectivity index (χ1) is 14.9. The van der Waals surface area contributed by atoms with E-state index < -0.39 is 0 Å². The summed E-state index contributed by atoms with van der Waals surface area (Å²) in [5.74, 6) is 0.678. The highest BCUT2D eigenvalue weighted by atomic mass is 32.1. The Balaban J connectivity index is 1.56. The highest BCUT2D eigenvalue weighted by Gasteiger charge is 2.34. The van der Waals surface area contributed by atoms with Crippen LogP contribution < -0.4 is 4.74 Å². The first-order valence-electron chi connectivity index (χ1n) is 10.4. The number of thiophene rings is 1. The lowest BCUT2D eigenvalue weighted by atomic mass is 9.99. The smallest absolute Gasteiger partial charge is 0.409 e. The van der Waals surface area contributed by atoms with Crippen molar-refractivity contribution >= 4 is 29.3 Å². The van der Waals surface area contributed by atoms with Crippen LogP contribution >= 0.6 is 11.3 Å². The summed E-state index contributed by atoms with van der Waals surface area (Å²) in [5, 5.41) is 12.6. The molecule has 1 amide bonds. The molecule has 1 fully saturated rings. The van der Waals surface area contributed by atoms with Gasteiger partial charge in [-0.3, -0.25) is 9.69 Å². The standard InChI is InChI=1S/C23H26N2O5S/c1-4-29-23(28)25-8-6-24(7-9-25)13-16-17(26)11-15(3)20-21(27)18(30-22(16)20)12-19-14(2)5-10-31-19/h5,10-12,26H,4,6-9,13H2,1-3H3/b18-12+. The molecule has 0 bridgehead atoms. The summed E-state index contributed by atoms with van der Waals surface area (Å²) in [5.41, 5.74) is 2.90. The molecule has 0 spiro atoms. The van der Waals surface area contributed by atoms with Gasteiger partial charge in [0, 0.05) is 43.7 Å². The van der Waals surface area contributed by atoms with E-state index in [1.807, 2.05) is 18.4 Å². The second-order valence-electron chi connectivity index (χ2n) is 7.77. The zero-order valence-electron chi connectivity index (χ0n) is 17.9. The van der Waals surface area contributed by atoms with Crippen molar-refractivity contribution in [1.82, 2.24) is 9.80 Å². The molecule has 1 N–H and O–H groups in total. The topological polar surface area (TPSA) is 79.3 Å². The molecule has 0 unspecified atom stereocenters. The molecular weight excluding hydrogens is 416 g/mol. The van der Waals surface area contributed by atoms with Crippen LogP contribution in [0.4, 0.5) is 4.79 Å². The Kier molecular flexibility index (Phi) is 6.02. The molecule has 2 aliphatic rings. The predicted molar refractivity (Wildman–Crippen MR) is 119 cm³/mol. The summed E-state index contributed by atoms with van der Waals surface area (Å²) in [7, 11) is 0. The summed E-state index contributed by atoms with van der Waals surface area (Å²) >= 11 is 1.55. The van der Waals surface area contributed by atoms with Gasteiger partial charge in [-0.05, 0) is 49.4 Å². The monoisotopic (exact) mass is 442 g/mol. The molecule has 0 aliphatic carbocycles. The minimum Gasteiger partial charge on any atom is -0.507 e. The minimum atomic E-state index is -0.297. The van der Waals surface area contributed by atoms with E-state index >= 15 is 0 Å². The van der Waals surface area contributed by atoms with Gasteiger partial charge in [0.25, 0.3) is 0 Å². The molecule has 0 radical (unpaired) electrons. The van der Waals surface area contributed by atoms with Crippen molar-refractivity contribution in [3.8, 4) is 11.5 Å². The van der Waals surface area contributed by atoms with Gasteiger partial charge in [0.15, 0.2) is 5.76 Å². The van der Waals surface area contributed by atoms with Gasteiger partial charge in [0.1, 0.15) is 11.5 Å². The number of aryl methyl sites for hydroxylation is 2. The summed E-state index contributed by atoms with van der Waals surface area (Å²) in [6, 6.07) is 3.63. The third kappa shape index (κ3) is 4.18. The molecule has 2 aliphatic heterocycles. The number of rotatable bonds is 4. The molecule has 2 aromatic rings. The number of piperazine rings is 1. The predicted octanol–water partition coefficient (Wildman–Crippen LogP) is 3.96. The van der Waals surface area contributed by atoms with Gasteiger partial charge in [-0.15, -0.1) is 11.3 Å². The van der Waals surface area contributed by atoms with Gasteiger partial charge in [-0.25, -0.2) is 4.79 Å². The van der Waals surface area contributed by atoms with Crippen LogP contribution in [0, 0.1) is 13.8 Å². The summed E-state index contributed by atoms with van der Waals surface area (Å²) in [6.07, 6.45) is 1.48. The number of nitrogens with zero attached hydrogens (tertiary/aromatic N) is 2. The number of fused-ring (bicyclic) bond motifs is 1. The zero-order valence-corrected chi connectivity index (χ0v) is 18.8. The number of phenolic OH excluding ortho intramolecular Hbond substituents is 1. The zero-order chi connectivity index (χ0) is 22.1. The molecule has 8 heteroatoms. The normalized spacial score (nSPS) is 17.7. The van der Waals surface area contributed by atoms with Crippen molar-refractivity contribution in [1.29, 1.82) is 0 Å². The molecule has 1 saturated heterocycles. The van der Waals surface area contributed by atoms with E-state index in [9.17, 15) is 14.7 Å². The van der Waals surface area contributed by atoms with E-state index in [-0.39, 0.29) is 23.4 Å². The van der Waals surface area contributed by atoms with Crippen molar-refractivity contribution in [2.45, 2.75) is 27.3 Å². The Morgan fingerprint density at radius 2 is 2.00 bits per heavy atom. The Bertz CT molecular complexity index is 1050. The number of Topliss-reactive ketones (excluding diaryl/α,β-unsaturated/α-hetero) is 1. The summed E-state index contributed by atoms with van der Waals surface area (Å²) < 4.78 is 11.1. The highest BCUT2D eigenvalue weighted by molar-refractivity contribution is 7.11. The maximum atomic E-state index is 13.0. The van der Waals surface area contributed by atoms with Crippen molar-refractivity contribution in [3.63, 3.8) is 0 Å². The maximum absolute atomic E-state index is 13.0. The molecule has 7 nitrogen and oxygen atoms in total. The third-order valence-corrected chi connectivity index (χ3v) is 6.63. The SMILES string of the molecule is CCOC(=O)N1CCN(Cc2c(O)cc(C)c3c2O/C(=C/c2sccc2C)C3=O)CC1. The van der Waals surface area contributed by atoms with Crippen LogP contribution in [0.3, 0.4) is 0 Å². The Labute approximate surface area is 185 Å². The van der Waals surface area contributed by atoms with Crippen LogP contribution in [0.25, 0.3) is 6.08 Å². The average Bonchev–Trinajstić information content (AvgIpc) is 3.29. The number of hydrogen-bond acceptors (Lipinski definition) is 7. The van der Waals surface area contributed by atoms with Crippen LogP contribution in [0.2, 0.25) is 0 Å². The van der Waals surface area contributed by atoms with Crippen molar-refractivity contribution in [3.05, 3.63) is 50.4 Å². The molecule has 4 rings (SSSR count). The first-order valence-corrected chi connectivity index (χ1v) is 11.2. The number of carbonyl (C=O) groups excluding carboxylic acids is 2. The molecule has 1 aromatic carbocycles. The van der Waals surface area contributed by atoms with Crippen LogP contribution in [0.1, 0.15) is 38.8 Å². The van der Waals surface area contributed by atoms with E-state index in [4.69, 9.17) is 9.47 Å². The fourth-order valence-corrected chi connectivity index (χ4v) is 4.76. The quantitative estimate of drug-likeness (QED) is 0.722. The van der Waals surface area contributed by atoms with E-state index in [0.29, 0.717) is 61.8 Å². The van der Waals surface area contributed by atoms with Crippen molar-refractivity contribution in [2.75, 3.05) is 32.8 Å². The lowest BCUT2D eigenvalue weighted by Gasteiger charge is -2.34. The first kappa shape index (κ1) is 21.4. The Morgan fingerprint density at radius 1 is 1.26 bits per heavy atom. The molecular formula is C23H26N2O5S.